The van der Waals surface area contributed by atoms with E-state index in [0.29, 0.717) is 5.69 Å². The Morgan fingerprint density at radius 2 is 1.49 bits per heavy atom. The molecule has 8 nitrogen and oxygen atoms in total. The second-order valence-corrected chi connectivity index (χ2v) is 9.33. The molecule has 35 heavy (non-hydrogen) atoms. The van der Waals surface area contributed by atoms with E-state index in [1.165, 1.54) is 23.9 Å². The molecule has 0 bridgehead atoms. The highest BCUT2D eigenvalue weighted by Gasteiger charge is 2.20. The fraction of sp³-hybridized carbons (Fsp3) is 0.154. The number of hydrogen-bond acceptors (Lipinski definition) is 5. The molecular formula is C26H24N2O6S. The minimum absolute atomic E-state index is 0.134. The minimum Gasteiger partial charge on any atom is -0.478 e. The SMILES string of the molecule is Cc1ccc(NC(=O)C(C)Sc2ccc(NC(=O)c3ccc(C(=O)O)cc3C(=O)O)cc2)c(C)c1. The summed E-state index contributed by atoms with van der Waals surface area (Å²) in [6.45, 7) is 5.73. The Kier molecular flexibility index (Phi) is 7.93. The average Bonchev–Trinajstić information content (AvgIpc) is 2.81. The van der Waals surface area contributed by atoms with Crippen LogP contribution in [-0.4, -0.2) is 39.2 Å². The zero-order chi connectivity index (χ0) is 25.7. The fourth-order valence-electron chi connectivity index (χ4n) is 3.31. The van der Waals surface area contributed by atoms with Crippen LogP contribution in [0.15, 0.2) is 65.6 Å². The molecular weight excluding hydrogens is 468 g/mol. The molecule has 4 N–H and O–H groups in total. The summed E-state index contributed by atoms with van der Waals surface area (Å²) in [7, 11) is 0. The first kappa shape index (κ1) is 25.5. The van der Waals surface area contributed by atoms with E-state index in [1.54, 1.807) is 31.2 Å². The topological polar surface area (TPSA) is 133 Å². The molecule has 0 fully saturated rings. The third-order valence-corrected chi connectivity index (χ3v) is 6.29. The fourth-order valence-corrected chi connectivity index (χ4v) is 4.18. The molecule has 0 aliphatic rings. The summed E-state index contributed by atoms with van der Waals surface area (Å²) in [5.41, 5.74) is 2.51. The third kappa shape index (κ3) is 6.48. The predicted octanol–water partition coefficient (Wildman–Crippen LogP) is 5.07. The van der Waals surface area contributed by atoms with E-state index in [9.17, 15) is 24.3 Å². The number of benzene rings is 3. The molecule has 2 amide bonds. The summed E-state index contributed by atoms with van der Waals surface area (Å²) in [5, 5.41) is 23.6. The van der Waals surface area contributed by atoms with E-state index < -0.39 is 23.4 Å². The molecule has 3 rings (SSSR count). The molecule has 1 unspecified atom stereocenters. The molecule has 0 spiro atoms. The summed E-state index contributed by atoms with van der Waals surface area (Å²) in [6.07, 6.45) is 0. The Morgan fingerprint density at radius 3 is 2.09 bits per heavy atom. The van der Waals surface area contributed by atoms with Crippen LogP contribution in [-0.2, 0) is 4.79 Å². The Bertz CT molecular complexity index is 1300. The van der Waals surface area contributed by atoms with Crippen molar-refractivity contribution in [1.82, 2.24) is 0 Å². The number of anilines is 2. The second kappa shape index (κ2) is 10.9. The summed E-state index contributed by atoms with van der Waals surface area (Å²) in [5.74, 6) is -3.51. The number of thioether (sulfide) groups is 1. The summed E-state index contributed by atoms with van der Waals surface area (Å²) in [6, 6.07) is 15.9. The van der Waals surface area contributed by atoms with Gasteiger partial charge in [0.25, 0.3) is 5.91 Å². The molecule has 3 aromatic carbocycles. The van der Waals surface area contributed by atoms with Gasteiger partial charge in [0.1, 0.15) is 0 Å². The molecule has 0 aliphatic heterocycles. The van der Waals surface area contributed by atoms with Crippen molar-refractivity contribution in [3.8, 4) is 0 Å². The molecule has 1 atom stereocenters. The molecule has 0 heterocycles. The Balaban J connectivity index is 1.65. The van der Waals surface area contributed by atoms with E-state index in [0.717, 1.165) is 27.8 Å². The van der Waals surface area contributed by atoms with E-state index in [-0.39, 0.29) is 22.3 Å². The van der Waals surface area contributed by atoms with Crippen molar-refractivity contribution in [1.29, 1.82) is 0 Å². The van der Waals surface area contributed by atoms with Gasteiger partial charge in [-0.1, -0.05) is 17.7 Å². The molecule has 3 aromatic rings. The highest BCUT2D eigenvalue weighted by molar-refractivity contribution is 8.00. The van der Waals surface area contributed by atoms with Crippen LogP contribution in [0.5, 0.6) is 0 Å². The lowest BCUT2D eigenvalue weighted by atomic mass is 10.0. The second-order valence-electron chi connectivity index (χ2n) is 7.92. The number of carbonyl (C=O) groups is 4. The largest absolute Gasteiger partial charge is 0.478 e. The lowest BCUT2D eigenvalue weighted by Crippen LogP contribution is -2.22. The minimum atomic E-state index is -1.40. The molecule has 9 heteroatoms. The lowest BCUT2D eigenvalue weighted by molar-refractivity contribution is -0.115. The van der Waals surface area contributed by atoms with Crippen molar-refractivity contribution in [3.05, 3.63) is 88.5 Å². The molecule has 0 aromatic heterocycles. The molecule has 0 saturated carbocycles. The maximum atomic E-state index is 12.6. The van der Waals surface area contributed by atoms with Crippen LogP contribution in [0.2, 0.25) is 0 Å². The van der Waals surface area contributed by atoms with Crippen molar-refractivity contribution in [2.75, 3.05) is 10.6 Å². The van der Waals surface area contributed by atoms with Crippen LogP contribution in [0.1, 0.15) is 49.1 Å². The van der Waals surface area contributed by atoms with Gasteiger partial charge in [-0.05, 0) is 74.9 Å². The number of nitrogens with one attached hydrogen (secondary N) is 2. The van der Waals surface area contributed by atoms with Crippen molar-refractivity contribution in [2.24, 2.45) is 0 Å². The van der Waals surface area contributed by atoms with E-state index in [4.69, 9.17) is 5.11 Å². The standard InChI is InChI=1S/C26H24N2O6S/c1-14-4-11-22(15(2)12-14)28-23(29)16(3)35-19-8-6-18(7-9-19)27-24(30)20-10-5-17(25(31)32)13-21(20)26(33)34/h4-13,16H,1-3H3,(H,27,30)(H,28,29)(H,31,32)(H,33,34). The van der Waals surface area contributed by atoms with Gasteiger partial charge < -0.3 is 20.8 Å². The highest BCUT2D eigenvalue weighted by Crippen LogP contribution is 2.27. The van der Waals surface area contributed by atoms with Gasteiger partial charge >= 0.3 is 11.9 Å². The van der Waals surface area contributed by atoms with Gasteiger partial charge in [-0.25, -0.2) is 9.59 Å². The number of carboxylic acid groups (broad SMARTS) is 2. The number of aromatic carboxylic acids is 2. The van der Waals surface area contributed by atoms with Crippen molar-refractivity contribution in [2.45, 2.75) is 30.9 Å². The van der Waals surface area contributed by atoms with Gasteiger partial charge in [0.2, 0.25) is 5.91 Å². The van der Waals surface area contributed by atoms with Gasteiger partial charge in [-0.3, -0.25) is 9.59 Å². The molecule has 0 saturated heterocycles. The van der Waals surface area contributed by atoms with Crippen LogP contribution in [0.4, 0.5) is 11.4 Å². The van der Waals surface area contributed by atoms with Gasteiger partial charge in [-0.2, -0.15) is 0 Å². The van der Waals surface area contributed by atoms with Crippen molar-refractivity contribution >= 4 is 46.9 Å². The van der Waals surface area contributed by atoms with Crippen LogP contribution >= 0.6 is 11.8 Å². The first-order valence-electron chi connectivity index (χ1n) is 10.6. The number of aryl methyl sites for hydroxylation is 2. The summed E-state index contributed by atoms with van der Waals surface area (Å²) >= 11 is 1.36. The maximum absolute atomic E-state index is 12.6. The maximum Gasteiger partial charge on any atom is 0.336 e. The van der Waals surface area contributed by atoms with Crippen LogP contribution < -0.4 is 10.6 Å². The quantitative estimate of drug-likeness (QED) is 0.323. The van der Waals surface area contributed by atoms with Gasteiger partial charge in [0, 0.05) is 16.3 Å². The van der Waals surface area contributed by atoms with E-state index in [1.807, 2.05) is 32.0 Å². The third-order valence-electron chi connectivity index (χ3n) is 5.18. The van der Waals surface area contributed by atoms with Crippen molar-refractivity contribution in [3.63, 3.8) is 0 Å². The van der Waals surface area contributed by atoms with Gasteiger partial charge in [-0.15, -0.1) is 11.8 Å². The van der Waals surface area contributed by atoms with E-state index in [2.05, 4.69) is 10.6 Å². The normalized spacial score (nSPS) is 11.4. The van der Waals surface area contributed by atoms with Crippen LogP contribution in [0.25, 0.3) is 0 Å². The Morgan fingerprint density at radius 1 is 0.800 bits per heavy atom. The van der Waals surface area contributed by atoms with Gasteiger partial charge in [0.05, 0.1) is 21.9 Å². The van der Waals surface area contributed by atoms with Gasteiger partial charge in [0.15, 0.2) is 0 Å². The van der Waals surface area contributed by atoms with E-state index >= 15 is 0 Å². The molecule has 0 radical (unpaired) electrons. The number of carbonyl (C=O) groups excluding carboxylic acids is 2. The van der Waals surface area contributed by atoms with Crippen LogP contribution in [0.3, 0.4) is 0 Å². The zero-order valence-electron chi connectivity index (χ0n) is 19.3. The average molecular weight is 493 g/mol. The first-order valence-corrected chi connectivity index (χ1v) is 11.5. The molecule has 180 valence electrons. The van der Waals surface area contributed by atoms with Crippen LogP contribution in [0, 0.1) is 13.8 Å². The van der Waals surface area contributed by atoms with Crippen molar-refractivity contribution < 1.29 is 29.4 Å². The monoisotopic (exact) mass is 492 g/mol. The predicted molar refractivity (Wildman–Crippen MR) is 135 cm³/mol. The first-order chi connectivity index (χ1) is 16.5. The number of rotatable bonds is 8. The lowest BCUT2D eigenvalue weighted by Gasteiger charge is -2.14. The number of amides is 2. The summed E-state index contributed by atoms with van der Waals surface area (Å²) < 4.78 is 0. The smallest absolute Gasteiger partial charge is 0.336 e. The zero-order valence-corrected chi connectivity index (χ0v) is 20.1. The summed E-state index contributed by atoms with van der Waals surface area (Å²) in [4.78, 5) is 48.6. The molecule has 0 aliphatic carbocycles. The highest BCUT2D eigenvalue weighted by atomic mass is 32.2. The number of hydrogen-bond donors (Lipinski definition) is 4. The Hall–Kier alpha value is -4.11. The Labute approximate surface area is 206 Å². The number of carboxylic acids is 2.